The molecule has 0 saturated carbocycles. The Morgan fingerprint density at radius 1 is 1.44 bits per heavy atom. The van der Waals surface area contributed by atoms with Gasteiger partial charge in [-0.05, 0) is 37.6 Å². The molecule has 1 fully saturated rings. The molecule has 1 aliphatic heterocycles. The zero-order valence-electron chi connectivity index (χ0n) is 10.8. The summed E-state index contributed by atoms with van der Waals surface area (Å²) >= 11 is 0. The van der Waals surface area contributed by atoms with Gasteiger partial charge >= 0.3 is 5.97 Å². The molecule has 4 nitrogen and oxygen atoms in total. The molecule has 1 aliphatic rings. The molecule has 0 amide bonds. The molecule has 0 radical (unpaired) electrons. The molecule has 0 atom stereocenters. The first-order valence-corrected chi connectivity index (χ1v) is 6.36. The molecule has 2 N–H and O–H groups in total. The highest BCUT2D eigenvalue weighted by Gasteiger charge is 2.20. The Morgan fingerprint density at radius 2 is 2.17 bits per heavy atom. The van der Waals surface area contributed by atoms with E-state index in [0.717, 1.165) is 31.5 Å². The van der Waals surface area contributed by atoms with E-state index in [2.05, 4.69) is 11.9 Å². The number of nitrogen functional groups attached to an aromatic ring is 1. The topological polar surface area (TPSA) is 55.6 Å². The Hall–Kier alpha value is -1.55. The normalized spacial score (nSPS) is 17.6. The average Bonchev–Trinajstić information content (AvgIpc) is 2.32. The Balaban J connectivity index is 1.82. The number of carbonyl (C=O) groups excluding carboxylic acids is 1. The molecule has 0 aromatic heterocycles. The fourth-order valence-corrected chi connectivity index (χ4v) is 2.20. The number of nitrogens with two attached hydrogens (primary N) is 1. The number of piperidine rings is 1. The Kier molecular flexibility index (Phi) is 4.20. The van der Waals surface area contributed by atoms with Crippen molar-refractivity contribution < 1.29 is 9.53 Å². The van der Waals surface area contributed by atoms with Crippen LogP contribution in [0.15, 0.2) is 24.3 Å². The summed E-state index contributed by atoms with van der Waals surface area (Å²) in [6.45, 7) is 1.99. The number of ether oxygens (including phenoxy) is 1. The maximum atomic E-state index is 11.8. The fraction of sp³-hybridized carbons (Fsp3) is 0.500. The number of hydrogen-bond acceptors (Lipinski definition) is 4. The lowest BCUT2D eigenvalue weighted by Crippen LogP contribution is -2.35. The minimum atomic E-state index is -0.157. The molecule has 1 heterocycles. The first-order chi connectivity index (χ1) is 8.63. The van der Waals surface area contributed by atoms with Crippen LogP contribution in [0.4, 0.5) is 5.69 Å². The second kappa shape index (κ2) is 5.87. The van der Waals surface area contributed by atoms with Gasteiger partial charge < -0.3 is 15.4 Å². The second-order valence-electron chi connectivity index (χ2n) is 4.91. The lowest BCUT2D eigenvalue weighted by molar-refractivity contribution is -0.150. The summed E-state index contributed by atoms with van der Waals surface area (Å²) in [6.07, 6.45) is 2.24. The lowest BCUT2D eigenvalue weighted by Gasteiger charge is -2.28. The summed E-state index contributed by atoms with van der Waals surface area (Å²) in [5.41, 5.74) is 7.27. The molecule has 0 unspecified atom stereocenters. The number of benzene rings is 1. The number of anilines is 1. The Morgan fingerprint density at radius 3 is 2.83 bits per heavy atom. The predicted molar refractivity (Wildman–Crippen MR) is 71.2 cm³/mol. The first kappa shape index (κ1) is 12.9. The molecule has 18 heavy (non-hydrogen) atoms. The Labute approximate surface area is 108 Å². The van der Waals surface area contributed by atoms with Gasteiger partial charge in [0.15, 0.2) is 0 Å². The molecule has 0 spiro atoms. The average molecular weight is 248 g/mol. The van der Waals surface area contributed by atoms with Crippen LogP contribution >= 0.6 is 0 Å². The highest BCUT2D eigenvalue weighted by Crippen LogP contribution is 2.14. The maximum absolute atomic E-state index is 11.8. The van der Waals surface area contributed by atoms with E-state index >= 15 is 0 Å². The summed E-state index contributed by atoms with van der Waals surface area (Å²) in [5, 5.41) is 0. The number of likely N-dealkylation sites (tertiary alicyclic amines) is 1. The summed E-state index contributed by atoms with van der Waals surface area (Å²) in [7, 11) is 2.09. The van der Waals surface area contributed by atoms with Crippen LogP contribution in [0.3, 0.4) is 0 Å². The minimum absolute atomic E-state index is 0.0785. The third-order valence-electron chi connectivity index (χ3n) is 3.26. The van der Waals surface area contributed by atoms with Gasteiger partial charge in [0.05, 0.1) is 6.42 Å². The fourth-order valence-electron chi connectivity index (χ4n) is 2.20. The van der Waals surface area contributed by atoms with Crippen LogP contribution in [-0.4, -0.2) is 37.1 Å². The minimum Gasteiger partial charge on any atom is -0.462 e. The molecule has 1 aromatic carbocycles. The molecule has 0 aliphatic carbocycles. The molecule has 98 valence electrons. The maximum Gasteiger partial charge on any atom is 0.310 e. The van der Waals surface area contributed by atoms with Crippen LogP contribution in [0.25, 0.3) is 0 Å². The number of rotatable bonds is 3. The molecule has 0 bridgehead atoms. The number of esters is 1. The quantitative estimate of drug-likeness (QED) is 0.650. The van der Waals surface area contributed by atoms with Gasteiger partial charge in [0.25, 0.3) is 0 Å². The van der Waals surface area contributed by atoms with Gasteiger partial charge in [-0.25, -0.2) is 0 Å². The van der Waals surface area contributed by atoms with E-state index in [1.165, 1.54) is 0 Å². The predicted octanol–water partition coefficient (Wildman–Crippen LogP) is 1.45. The van der Waals surface area contributed by atoms with Crippen molar-refractivity contribution >= 4 is 11.7 Å². The van der Waals surface area contributed by atoms with Crippen LogP contribution in [0.2, 0.25) is 0 Å². The molecule has 1 aromatic rings. The summed E-state index contributed by atoms with van der Waals surface area (Å²) in [5.74, 6) is -0.157. The third kappa shape index (κ3) is 3.74. The molecule has 4 heteroatoms. The van der Waals surface area contributed by atoms with Crippen LogP contribution in [-0.2, 0) is 16.0 Å². The van der Waals surface area contributed by atoms with E-state index in [1.807, 2.05) is 24.3 Å². The number of hydrogen-bond donors (Lipinski definition) is 1. The summed E-state index contributed by atoms with van der Waals surface area (Å²) < 4.78 is 5.48. The lowest BCUT2D eigenvalue weighted by atomic mass is 10.1. The van der Waals surface area contributed by atoms with Crippen molar-refractivity contribution in [3.05, 3.63) is 29.8 Å². The standard InChI is InChI=1S/C14H20N2O2/c1-16-7-5-13(6-8-16)18-14(17)10-11-3-2-4-12(15)9-11/h2-4,9,13H,5-8,10,15H2,1H3. The van der Waals surface area contributed by atoms with Gasteiger partial charge in [0.1, 0.15) is 6.10 Å². The van der Waals surface area contributed by atoms with Crippen LogP contribution in [0, 0.1) is 0 Å². The van der Waals surface area contributed by atoms with Gasteiger partial charge in [-0.15, -0.1) is 0 Å². The van der Waals surface area contributed by atoms with Gasteiger partial charge in [0.2, 0.25) is 0 Å². The van der Waals surface area contributed by atoms with Crippen molar-refractivity contribution in [1.29, 1.82) is 0 Å². The van der Waals surface area contributed by atoms with E-state index < -0.39 is 0 Å². The van der Waals surface area contributed by atoms with E-state index in [-0.39, 0.29) is 12.1 Å². The molecular weight excluding hydrogens is 228 g/mol. The Bertz CT molecular complexity index is 412. The number of carbonyl (C=O) groups is 1. The van der Waals surface area contributed by atoms with Gasteiger partial charge in [0, 0.05) is 18.8 Å². The highest BCUT2D eigenvalue weighted by atomic mass is 16.5. The zero-order chi connectivity index (χ0) is 13.0. The van der Waals surface area contributed by atoms with Gasteiger partial charge in [-0.3, -0.25) is 4.79 Å². The largest absolute Gasteiger partial charge is 0.462 e. The van der Waals surface area contributed by atoms with E-state index in [4.69, 9.17) is 10.5 Å². The smallest absolute Gasteiger partial charge is 0.310 e. The van der Waals surface area contributed by atoms with Crippen LogP contribution in [0.1, 0.15) is 18.4 Å². The van der Waals surface area contributed by atoms with E-state index in [0.29, 0.717) is 12.1 Å². The van der Waals surface area contributed by atoms with Crippen molar-refractivity contribution in [3.63, 3.8) is 0 Å². The summed E-state index contributed by atoms with van der Waals surface area (Å²) in [6, 6.07) is 7.38. The van der Waals surface area contributed by atoms with Gasteiger partial charge in [-0.1, -0.05) is 12.1 Å². The van der Waals surface area contributed by atoms with Crippen LogP contribution in [0.5, 0.6) is 0 Å². The SMILES string of the molecule is CN1CCC(OC(=O)Cc2cccc(N)c2)CC1. The zero-order valence-corrected chi connectivity index (χ0v) is 10.8. The molecule has 2 rings (SSSR count). The van der Waals surface area contributed by atoms with Crippen molar-refractivity contribution in [3.8, 4) is 0 Å². The van der Waals surface area contributed by atoms with E-state index in [9.17, 15) is 4.79 Å². The first-order valence-electron chi connectivity index (χ1n) is 6.36. The van der Waals surface area contributed by atoms with Crippen molar-refractivity contribution in [1.82, 2.24) is 4.90 Å². The second-order valence-corrected chi connectivity index (χ2v) is 4.91. The summed E-state index contributed by atoms with van der Waals surface area (Å²) in [4.78, 5) is 14.0. The van der Waals surface area contributed by atoms with Crippen molar-refractivity contribution in [2.75, 3.05) is 25.9 Å². The van der Waals surface area contributed by atoms with Gasteiger partial charge in [-0.2, -0.15) is 0 Å². The molecule has 1 saturated heterocycles. The van der Waals surface area contributed by atoms with Crippen molar-refractivity contribution in [2.45, 2.75) is 25.4 Å². The molecular formula is C14H20N2O2. The van der Waals surface area contributed by atoms with Crippen molar-refractivity contribution in [2.24, 2.45) is 0 Å². The van der Waals surface area contributed by atoms with E-state index in [1.54, 1.807) is 0 Å². The number of nitrogens with zero attached hydrogens (tertiary/aromatic N) is 1. The monoisotopic (exact) mass is 248 g/mol. The highest BCUT2D eigenvalue weighted by molar-refractivity contribution is 5.73. The van der Waals surface area contributed by atoms with Crippen LogP contribution < -0.4 is 5.73 Å². The third-order valence-corrected chi connectivity index (χ3v) is 3.26.